The van der Waals surface area contributed by atoms with Crippen LogP contribution in [0.5, 0.6) is 0 Å². The second-order valence-electron chi connectivity index (χ2n) is 4.19. The maximum atomic E-state index is 12.9. The number of hydrogen-bond acceptors (Lipinski definition) is 2. The van der Waals surface area contributed by atoms with Crippen LogP contribution in [0.2, 0.25) is 0 Å². The molecule has 2 nitrogen and oxygen atoms in total. The first-order valence-electron chi connectivity index (χ1n) is 5.63. The highest BCUT2D eigenvalue weighted by Gasteiger charge is 2.15. The molecule has 0 saturated carbocycles. The summed E-state index contributed by atoms with van der Waals surface area (Å²) in [7, 11) is 0. The smallest absolute Gasteiger partial charge is 0.194 e. The van der Waals surface area contributed by atoms with Crippen LogP contribution < -0.4 is 5.32 Å². The molecule has 2 rings (SSSR count). The van der Waals surface area contributed by atoms with Crippen LogP contribution in [0.4, 0.5) is 18.9 Å². The summed E-state index contributed by atoms with van der Waals surface area (Å²) in [4.78, 5) is 0. The van der Waals surface area contributed by atoms with E-state index in [2.05, 4.69) is 5.32 Å². The molecule has 5 heteroatoms. The summed E-state index contributed by atoms with van der Waals surface area (Å²) in [6.07, 6.45) is 1.86. The molecule has 1 fully saturated rings. The van der Waals surface area contributed by atoms with Crippen LogP contribution >= 0.6 is 0 Å². The first kappa shape index (κ1) is 12.2. The van der Waals surface area contributed by atoms with E-state index in [4.69, 9.17) is 4.74 Å². The Morgan fingerprint density at radius 1 is 1.12 bits per heavy atom. The second-order valence-corrected chi connectivity index (χ2v) is 4.19. The van der Waals surface area contributed by atoms with Gasteiger partial charge in [-0.15, -0.1) is 0 Å². The maximum absolute atomic E-state index is 12.9. The fourth-order valence-electron chi connectivity index (χ4n) is 1.87. The molecule has 94 valence electrons. The van der Waals surface area contributed by atoms with Gasteiger partial charge in [0.05, 0.1) is 0 Å². The van der Waals surface area contributed by atoms with Crippen molar-refractivity contribution < 1.29 is 17.9 Å². The number of benzene rings is 1. The zero-order valence-corrected chi connectivity index (χ0v) is 9.31. The Bertz CT molecular complexity index is 368. The minimum Gasteiger partial charge on any atom is -0.385 e. The fourth-order valence-corrected chi connectivity index (χ4v) is 1.87. The third kappa shape index (κ3) is 3.12. The van der Waals surface area contributed by atoms with Gasteiger partial charge in [0.15, 0.2) is 17.5 Å². The normalized spacial score (nSPS) is 17.1. The van der Waals surface area contributed by atoms with Crippen LogP contribution in [0.3, 0.4) is 0 Å². The zero-order chi connectivity index (χ0) is 12.3. The number of hydrogen-bond donors (Lipinski definition) is 1. The lowest BCUT2D eigenvalue weighted by Crippen LogP contribution is -2.22. The van der Waals surface area contributed by atoms with Crippen molar-refractivity contribution in [3.8, 4) is 0 Å². The molecule has 0 aromatic heterocycles. The third-order valence-corrected chi connectivity index (χ3v) is 2.92. The molecular formula is C12H14F3NO. The van der Waals surface area contributed by atoms with Gasteiger partial charge in [-0.3, -0.25) is 0 Å². The molecule has 0 unspecified atom stereocenters. The standard InChI is InChI=1S/C12H14F3NO/c13-10-5-9(6-11(14)12(10)15)16-7-8-1-3-17-4-2-8/h5-6,8,16H,1-4,7H2. The molecule has 1 N–H and O–H groups in total. The Kier molecular flexibility index (Phi) is 3.89. The van der Waals surface area contributed by atoms with Crippen molar-refractivity contribution in [2.24, 2.45) is 5.92 Å². The summed E-state index contributed by atoms with van der Waals surface area (Å²) < 4.78 is 43.8. The Labute approximate surface area is 97.8 Å². The van der Waals surface area contributed by atoms with E-state index in [1.165, 1.54) is 0 Å². The lowest BCUT2D eigenvalue weighted by molar-refractivity contribution is 0.0699. The molecular weight excluding hydrogens is 231 g/mol. The minimum absolute atomic E-state index is 0.271. The van der Waals surface area contributed by atoms with Gasteiger partial charge < -0.3 is 10.1 Å². The molecule has 0 spiro atoms. The highest BCUT2D eigenvalue weighted by atomic mass is 19.2. The topological polar surface area (TPSA) is 21.3 Å². The van der Waals surface area contributed by atoms with E-state index in [9.17, 15) is 13.2 Å². The summed E-state index contributed by atoms with van der Waals surface area (Å²) >= 11 is 0. The first-order chi connectivity index (χ1) is 8.16. The van der Waals surface area contributed by atoms with E-state index in [0.717, 1.165) is 38.2 Å². The Balaban J connectivity index is 1.94. The van der Waals surface area contributed by atoms with Crippen molar-refractivity contribution in [1.82, 2.24) is 0 Å². The van der Waals surface area contributed by atoms with Crippen molar-refractivity contribution in [3.05, 3.63) is 29.6 Å². The van der Waals surface area contributed by atoms with E-state index in [1.54, 1.807) is 0 Å². The monoisotopic (exact) mass is 245 g/mol. The molecule has 1 aromatic rings. The average molecular weight is 245 g/mol. The van der Waals surface area contributed by atoms with Crippen LogP contribution in [0, 0.1) is 23.4 Å². The molecule has 0 atom stereocenters. The third-order valence-electron chi connectivity index (χ3n) is 2.92. The molecule has 1 saturated heterocycles. The quantitative estimate of drug-likeness (QED) is 0.827. The van der Waals surface area contributed by atoms with Crippen LogP contribution in [0.25, 0.3) is 0 Å². The Hall–Kier alpha value is -1.23. The number of rotatable bonds is 3. The van der Waals surface area contributed by atoms with E-state index in [-0.39, 0.29) is 5.69 Å². The highest BCUT2D eigenvalue weighted by Crippen LogP contribution is 2.19. The largest absolute Gasteiger partial charge is 0.385 e. The van der Waals surface area contributed by atoms with Crippen molar-refractivity contribution >= 4 is 5.69 Å². The van der Waals surface area contributed by atoms with E-state index in [0.29, 0.717) is 12.5 Å². The van der Waals surface area contributed by atoms with Crippen LogP contribution in [-0.2, 0) is 4.74 Å². The summed E-state index contributed by atoms with van der Waals surface area (Å²) in [5.41, 5.74) is 0.271. The van der Waals surface area contributed by atoms with Gasteiger partial charge in [0.25, 0.3) is 0 Å². The summed E-state index contributed by atoms with van der Waals surface area (Å²) in [5.74, 6) is -3.33. The van der Waals surface area contributed by atoms with Gasteiger partial charge in [-0.05, 0) is 18.8 Å². The highest BCUT2D eigenvalue weighted by molar-refractivity contribution is 5.44. The van der Waals surface area contributed by atoms with Crippen molar-refractivity contribution in [2.45, 2.75) is 12.8 Å². The molecule has 0 radical (unpaired) electrons. The number of halogens is 3. The van der Waals surface area contributed by atoms with Gasteiger partial charge >= 0.3 is 0 Å². The molecule has 1 aliphatic rings. The molecule has 0 amide bonds. The summed E-state index contributed by atoms with van der Waals surface area (Å²) in [6, 6.07) is 1.94. The molecule has 17 heavy (non-hydrogen) atoms. The molecule has 0 bridgehead atoms. The van der Waals surface area contributed by atoms with Gasteiger partial charge in [-0.1, -0.05) is 0 Å². The molecule has 1 aliphatic heterocycles. The van der Waals surface area contributed by atoms with E-state index in [1.807, 2.05) is 0 Å². The number of anilines is 1. The van der Waals surface area contributed by atoms with Crippen LogP contribution in [0.15, 0.2) is 12.1 Å². The van der Waals surface area contributed by atoms with E-state index >= 15 is 0 Å². The van der Waals surface area contributed by atoms with Crippen molar-refractivity contribution in [2.75, 3.05) is 25.1 Å². The van der Waals surface area contributed by atoms with Gasteiger partial charge in [0.1, 0.15) is 0 Å². The lowest BCUT2D eigenvalue weighted by Gasteiger charge is -2.22. The molecule has 1 heterocycles. The second kappa shape index (κ2) is 5.40. The van der Waals surface area contributed by atoms with Gasteiger partial charge in [-0.2, -0.15) is 0 Å². The van der Waals surface area contributed by atoms with Crippen LogP contribution in [0.1, 0.15) is 12.8 Å². The fraction of sp³-hybridized carbons (Fsp3) is 0.500. The number of nitrogens with one attached hydrogen (secondary N) is 1. The number of ether oxygens (including phenoxy) is 1. The molecule has 1 aromatic carbocycles. The van der Waals surface area contributed by atoms with Gasteiger partial charge in [-0.25, -0.2) is 13.2 Å². The maximum Gasteiger partial charge on any atom is 0.194 e. The minimum atomic E-state index is -1.43. The van der Waals surface area contributed by atoms with Crippen LogP contribution in [-0.4, -0.2) is 19.8 Å². The lowest BCUT2D eigenvalue weighted by atomic mass is 10.0. The predicted octanol–water partition coefficient (Wildman–Crippen LogP) is 2.94. The predicted molar refractivity (Wildman–Crippen MR) is 58.3 cm³/mol. The first-order valence-corrected chi connectivity index (χ1v) is 5.63. The van der Waals surface area contributed by atoms with Crippen molar-refractivity contribution in [1.29, 1.82) is 0 Å². The average Bonchev–Trinajstić information content (AvgIpc) is 2.34. The summed E-state index contributed by atoms with van der Waals surface area (Å²) in [5, 5.41) is 2.92. The SMILES string of the molecule is Fc1cc(NCC2CCOCC2)cc(F)c1F. The zero-order valence-electron chi connectivity index (χ0n) is 9.31. The Morgan fingerprint density at radius 3 is 2.29 bits per heavy atom. The van der Waals surface area contributed by atoms with E-state index < -0.39 is 17.5 Å². The van der Waals surface area contributed by atoms with Crippen molar-refractivity contribution in [3.63, 3.8) is 0 Å². The summed E-state index contributed by atoms with van der Waals surface area (Å²) in [6.45, 7) is 2.06. The van der Waals surface area contributed by atoms with Gasteiger partial charge in [0.2, 0.25) is 0 Å². The Morgan fingerprint density at radius 2 is 1.71 bits per heavy atom. The molecule has 0 aliphatic carbocycles. The van der Waals surface area contributed by atoms with Gasteiger partial charge in [0, 0.05) is 37.6 Å².